The first kappa shape index (κ1) is 13.3. The van der Waals surface area contributed by atoms with Crippen molar-refractivity contribution in [3.05, 3.63) is 34.3 Å². The van der Waals surface area contributed by atoms with Gasteiger partial charge in [-0.05, 0) is 30.7 Å². The van der Waals surface area contributed by atoms with E-state index in [2.05, 4.69) is 5.16 Å². The van der Waals surface area contributed by atoms with Crippen molar-refractivity contribution >= 4 is 23.3 Å². The van der Waals surface area contributed by atoms with E-state index >= 15 is 0 Å². The molecule has 0 radical (unpaired) electrons. The molecule has 1 rings (SSSR count). The molecule has 17 heavy (non-hydrogen) atoms. The standard InChI is InChI=1S/C11H14ClN3O2/c1-7-5-8(12)3-4-9(7)11(16)15(2)6-10(13)14-17/h3-5,17H,6H2,1-2H3,(H2,13,14). The topological polar surface area (TPSA) is 78.9 Å². The number of likely N-dealkylation sites (N-methyl/N-ethyl adjacent to an activating group) is 1. The third-order valence-corrected chi connectivity index (χ3v) is 2.53. The van der Waals surface area contributed by atoms with Gasteiger partial charge >= 0.3 is 0 Å². The van der Waals surface area contributed by atoms with Crippen LogP contribution in [0, 0.1) is 6.92 Å². The minimum Gasteiger partial charge on any atom is -0.409 e. The monoisotopic (exact) mass is 255 g/mol. The zero-order chi connectivity index (χ0) is 13.0. The Morgan fingerprint density at radius 3 is 2.76 bits per heavy atom. The van der Waals surface area contributed by atoms with Crippen molar-refractivity contribution in [1.29, 1.82) is 0 Å². The fourth-order valence-electron chi connectivity index (χ4n) is 1.42. The van der Waals surface area contributed by atoms with Crippen LogP contribution in [-0.4, -0.2) is 35.4 Å². The summed E-state index contributed by atoms with van der Waals surface area (Å²) < 4.78 is 0. The Labute approximate surface area is 104 Å². The predicted octanol–water partition coefficient (Wildman–Crippen LogP) is 1.47. The largest absolute Gasteiger partial charge is 0.409 e. The van der Waals surface area contributed by atoms with Crippen LogP contribution in [0.2, 0.25) is 5.02 Å². The van der Waals surface area contributed by atoms with Gasteiger partial charge in [0.25, 0.3) is 5.91 Å². The van der Waals surface area contributed by atoms with Crippen LogP contribution in [0.25, 0.3) is 0 Å². The first-order valence-corrected chi connectivity index (χ1v) is 5.31. The fraction of sp³-hybridized carbons (Fsp3) is 0.273. The molecule has 0 bridgehead atoms. The van der Waals surface area contributed by atoms with Crippen molar-refractivity contribution in [1.82, 2.24) is 4.90 Å². The maximum atomic E-state index is 12.0. The summed E-state index contributed by atoms with van der Waals surface area (Å²) in [4.78, 5) is 13.4. The van der Waals surface area contributed by atoms with E-state index in [1.54, 1.807) is 32.2 Å². The Kier molecular flexibility index (Phi) is 4.34. The molecule has 0 saturated heterocycles. The Hall–Kier alpha value is -1.75. The molecule has 92 valence electrons. The maximum absolute atomic E-state index is 12.0. The van der Waals surface area contributed by atoms with E-state index in [1.165, 1.54) is 4.90 Å². The lowest BCUT2D eigenvalue weighted by atomic mass is 10.1. The van der Waals surface area contributed by atoms with Gasteiger partial charge in [-0.15, -0.1) is 0 Å². The van der Waals surface area contributed by atoms with Crippen molar-refractivity contribution in [3.8, 4) is 0 Å². The minimum atomic E-state index is -0.203. The van der Waals surface area contributed by atoms with Crippen LogP contribution < -0.4 is 5.73 Å². The van der Waals surface area contributed by atoms with E-state index in [4.69, 9.17) is 22.5 Å². The van der Waals surface area contributed by atoms with Crippen LogP contribution in [-0.2, 0) is 0 Å². The van der Waals surface area contributed by atoms with Gasteiger partial charge in [0.05, 0.1) is 6.54 Å². The van der Waals surface area contributed by atoms with Crippen LogP contribution in [0.4, 0.5) is 0 Å². The Balaban J connectivity index is 2.89. The van der Waals surface area contributed by atoms with Crippen LogP contribution >= 0.6 is 11.6 Å². The second-order valence-corrected chi connectivity index (χ2v) is 4.15. The number of nitrogens with zero attached hydrogens (tertiary/aromatic N) is 2. The van der Waals surface area contributed by atoms with Gasteiger partial charge in [0.2, 0.25) is 0 Å². The number of rotatable bonds is 3. The average Bonchev–Trinajstić information content (AvgIpc) is 2.28. The van der Waals surface area contributed by atoms with Crippen LogP contribution in [0.3, 0.4) is 0 Å². The number of hydrogen-bond acceptors (Lipinski definition) is 3. The van der Waals surface area contributed by atoms with E-state index < -0.39 is 0 Å². The molecule has 0 aliphatic rings. The molecule has 0 unspecified atom stereocenters. The van der Waals surface area contributed by atoms with Gasteiger partial charge in [-0.25, -0.2) is 0 Å². The van der Waals surface area contributed by atoms with Crippen LogP contribution in [0.5, 0.6) is 0 Å². The molecular weight excluding hydrogens is 242 g/mol. The number of halogens is 1. The molecule has 0 atom stereocenters. The van der Waals surface area contributed by atoms with Crippen LogP contribution in [0.1, 0.15) is 15.9 Å². The second kappa shape index (κ2) is 5.54. The van der Waals surface area contributed by atoms with Crippen molar-refractivity contribution in [2.75, 3.05) is 13.6 Å². The first-order chi connectivity index (χ1) is 7.95. The zero-order valence-corrected chi connectivity index (χ0v) is 10.4. The molecule has 0 aromatic heterocycles. The van der Waals surface area contributed by atoms with Crippen molar-refractivity contribution in [2.24, 2.45) is 10.9 Å². The number of amides is 1. The van der Waals surface area contributed by atoms with Crippen molar-refractivity contribution < 1.29 is 10.0 Å². The van der Waals surface area contributed by atoms with Gasteiger partial charge in [-0.2, -0.15) is 0 Å². The molecule has 3 N–H and O–H groups in total. The summed E-state index contributed by atoms with van der Waals surface area (Å²) in [6.45, 7) is 1.87. The highest BCUT2D eigenvalue weighted by Crippen LogP contribution is 2.16. The number of hydrogen-bond donors (Lipinski definition) is 2. The summed E-state index contributed by atoms with van der Waals surface area (Å²) in [7, 11) is 1.58. The SMILES string of the molecule is Cc1cc(Cl)ccc1C(=O)N(C)C/C(N)=N/O. The third kappa shape index (κ3) is 3.35. The average molecular weight is 256 g/mol. The molecule has 0 aliphatic heterocycles. The molecule has 0 heterocycles. The number of benzene rings is 1. The highest BCUT2D eigenvalue weighted by Gasteiger charge is 2.15. The smallest absolute Gasteiger partial charge is 0.254 e. The summed E-state index contributed by atoms with van der Waals surface area (Å²) in [6.07, 6.45) is 0. The lowest BCUT2D eigenvalue weighted by Crippen LogP contribution is -2.35. The summed E-state index contributed by atoms with van der Waals surface area (Å²) in [5.41, 5.74) is 6.67. The van der Waals surface area contributed by atoms with E-state index in [-0.39, 0.29) is 18.3 Å². The summed E-state index contributed by atoms with van der Waals surface area (Å²) in [6, 6.07) is 5.02. The fourth-order valence-corrected chi connectivity index (χ4v) is 1.65. The Bertz CT molecular complexity index is 460. The molecule has 1 aromatic rings. The van der Waals surface area contributed by atoms with Gasteiger partial charge in [0.1, 0.15) is 0 Å². The third-order valence-electron chi connectivity index (χ3n) is 2.29. The molecule has 6 heteroatoms. The summed E-state index contributed by atoms with van der Waals surface area (Å²) >= 11 is 5.81. The molecule has 1 aromatic carbocycles. The predicted molar refractivity (Wildman–Crippen MR) is 66.6 cm³/mol. The summed E-state index contributed by atoms with van der Waals surface area (Å²) in [5, 5.41) is 11.8. The molecule has 1 amide bonds. The number of aryl methyl sites for hydroxylation is 1. The van der Waals surface area contributed by atoms with Crippen LogP contribution in [0.15, 0.2) is 23.4 Å². The highest BCUT2D eigenvalue weighted by atomic mass is 35.5. The lowest BCUT2D eigenvalue weighted by molar-refractivity contribution is 0.0813. The minimum absolute atomic E-state index is 0.0209. The number of carbonyl (C=O) groups excluding carboxylic acids is 1. The van der Waals surface area contributed by atoms with E-state index in [0.717, 1.165) is 5.56 Å². The van der Waals surface area contributed by atoms with Gasteiger partial charge in [-0.1, -0.05) is 16.8 Å². The molecule has 0 aliphatic carbocycles. The normalized spacial score (nSPS) is 11.4. The number of nitrogens with two attached hydrogens (primary N) is 1. The van der Waals surface area contributed by atoms with Gasteiger partial charge in [0, 0.05) is 17.6 Å². The van der Waals surface area contributed by atoms with E-state index in [1.807, 2.05) is 0 Å². The molecule has 0 saturated carbocycles. The van der Waals surface area contributed by atoms with Crippen molar-refractivity contribution in [2.45, 2.75) is 6.92 Å². The number of amidine groups is 1. The Morgan fingerprint density at radius 2 is 2.24 bits per heavy atom. The first-order valence-electron chi connectivity index (χ1n) is 4.93. The molecule has 0 spiro atoms. The Morgan fingerprint density at radius 1 is 1.59 bits per heavy atom. The van der Waals surface area contributed by atoms with Gasteiger partial charge in [-0.3, -0.25) is 4.79 Å². The maximum Gasteiger partial charge on any atom is 0.254 e. The molecule has 5 nitrogen and oxygen atoms in total. The van der Waals surface area contributed by atoms with Crippen molar-refractivity contribution in [3.63, 3.8) is 0 Å². The molecule has 0 fully saturated rings. The van der Waals surface area contributed by atoms with Gasteiger partial charge in [0.15, 0.2) is 5.84 Å². The highest BCUT2D eigenvalue weighted by molar-refractivity contribution is 6.30. The second-order valence-electron chi connectivity index (χ2n) is 3.71. The van der Waals surface area contributed by atoms with E-state index in [0.29, 0.717) is 10.6 Å². The summed E-state index contributed by atoms with van der Waals surface area (Å²) in [5.74, 6) is -0.224. The van der Waals surface area contributed by atoms with E-state index in [9.17, 15) is 4.79 Å². The van der Waals surface area contributed by atoms with Gasteiger partial charge < -0.3 is 15.8 Å². The number of carbonyl (C=O) groups is 1. The quantitative estimate of drug-likeness (QED) is 0.372. The lowest BCUT2D eigenvalue weighted by Gasteiger charge is -2.17. The number of oxime groups is 1. The zero-order valence-electron chi connectivity index (χ0n) is 9.64. The molecular formula is C11H14ClN3O2.